The molecule has 4 rings (SSSR count). The van der Waals surface area contributed by atoms with Crippen LogP contribution in [-0.4, -0.2) is 90.9 Å². The van der Waals surface area contributed by atoms with Gasteiger partial charge in [0.25, 0.3) is 0 Å². The Bertz CT molecular complexity index is 915. The molecule has 174 valence electrons. The van der Waals surface area contributed by atoms with Crippen molar-refractivity contribution in [3.8, 4) is 0 Å². The highest BCUT2D eigenvalue weighted by atomic mass is 19.1. The lowest BCUT2D eigenvalue weighted by Gasteiger charge is -2.46. The van der Waals surface area contributed by atoms with E-state index in [-0.39, 0.29) is 23.4 Å². The van der Waals surface area contributed by atoms with Gasteiger partial charge in [-0.1, -0.05) is 6.07 Å². The zero-order valence-corrected chi connectivity index (χ0v) is 19.1. The van der Waals surface area contributed by atoms with Gasteiger partial charge in [-0.3, -0.25) is 4.79 Å². The van der Waals surface area contributed by atoms with Gasteiger partial charge < -0.3 is 24.9 Å². The summed E-state index contributed by atoms with van der Waals surface area (Å²) in [5, 5.41) is 2.76. The van der Waals surface area contributed by atoms with Crippen molar-refractivity contribution in [2.45, 2.75) is 26.2 Å². The molecule has 0 bridgehead atoms. The molecule has 8 nitrogen and oxygen atoms in total. The van der Waals surface area contributed by atoms with Gasteiger partial charge in [0.05, 0.1) is 5.41 Å². The number of likely N-dealkylation sites (tertiary alicyclic amines) is 3. The summed E-state index contributed by atoms with van der Waals surface area (Å²) >= 11 is 0. The molecule has 0 aromatic heterocycles. The maximum absolute atomic E-state index is 13.5. The van der Waals surface area contributed by atoms with Gasteiger partial charge in [-0.2, -0.15) is 0 Å². The largest absolute Gasteiger partial charge is 0.342 e. The van der Waals surface area contributed by atoms with E-state index in [0.717, 1.165) is 6.42 Å². The third kappa shape index (κ3) is 3.57. The number of carbonyl (C=O) groups is 3. The van der Waals surface area contributed by atoms with E-state index in [1.165, 1.54) is 12.1 Å². The van der Waals surface area contributed by atoms with Crippen LogP contribution < -0.4 is 5.32 Å². The van der Waals surface area contributed by atoms with E-state index in [1.807, 2.05) is 16.7 Å². The number of carbonyl (C=O) groups excluding carboxylic acids is 3. The second kappa shape index (κ2) is 8.26. The van der Waals surface area contributed by atoms with Crippen molar-refractivity contribution in [3.05, 3.63) is 30.1 Å². The van der Waals surface area contributed by atoms with Crippen molar-refractivity contribution in [1.82, 2.24) is 19.6 Å². The second-order valence-electron chi connectivity index (χ2n) is 9.46. The van der Waals surface area contributed by atoms with Gasteiger partial charge in [0.1, 0.15) is 5.82 Å². The molecule has 1 aromatic carbocycles. The minimum Gasteiger partial charge on any atom is -0.342 e. The molecule has 1 unspecified atom stereocenters. The Balaban J connectivity index is 1.52. The standard InChI is InChI=1S/C23H32FN5O3/c1-4-27-13-10-23(19(27)30)16-29(21(32)26(2)3)15-22(23)8-11-28(12-9-22)20(31)25-18-7-5-6-17(24)14-18/h5-7,14H,4,8-13,15-16H2,1-3H3,(H,25,31). The first-order valence-electron chi connectivity index (χ1n) is 11.3. The molecule has 2 spiro atoms. The molecule has 1 atom stereocenters. The third-order valence-electron chi connectivity index (χ3n) is 7.59. The summed E-state index contributed by atoms with van der Waals surface area (Å²) in [5.41, 5.74) is -0.505. The van der Waals surface area contributed by atoms with Gasteiger partial charge in [-0.25, -0.2) is 14.0 Å². The highest BCUT2D eigenvalue weighted by Gasteiger charge is 2.66. The normalized spacial score (nSPS) is 24.5. The van der Waals surface area contributed by atoms with Crippen LogP contribution >= 0.6 is 0 Å². The molecule has 3 fully saturated rings. The summed E-state index contributed by atoms with van der Waals surface area (Å²) in [6.45, 7) is 5.33. The molecule has 9 heteroatoms. The van der Waals surface area contributed by atoms with Gasteiger partial charge in [0, 0.05) is 64.5 Å². The van der Waals surface area contributed by atoms with Crippen molar-refractivity contribution in [2.75, 3.05) is 58.7 Å². The predicted molar refractivity (Wildman–Crippen MR) is 119 cm³/mol. The maximum atomic E-state index is 13.5. The topological polar surface area (TPSA) is 76.2 Å². The molecule has 5 amide bonds. The molecule has 1 aromatic rings. The molecule has 3 aliphatic rings. The van der Waals surface area contributed by atoms with Crippen LogP contribution in [0.1, 0.15) is 26.2 Å². The zero-order valence-electron chi connectivity index (χ0n) is 19.1. The first kappa shape index (κ1) is 22.4. The van der Waals surface area contributed by atoms with E-state index in [4.69, 9.17) is 0 Å². The predicted octanol–water partition coefficient (Wildman–Crippen LogP) is 2.68. The van der Waals surface area contributed by atoms with Crippen molar-refractivity contribution < 1.29 is 18.8 Å². The van der Waals surface area contributed by atoms with Gasteiger partial charge in [-0.05, 0) is 44.4 Å². The molecular formula is C23H32FN5O3. The fraction of sp³-hybridized carbons (Fsp3) is 0.609. The molecule has 0 saturated carbocycles. The van der Waals surface area contributed by atoms with Crippen LogP contribution in [-0.2, 0) is 4.79 Å². The first-order chi connectivity index (χ1) is 15.2. The minimum atomic E-state index is -0.584. The Hall–Kier alpha value is -2.84. The number of nitrogens with one attached hydrogen (secondary N) is 1. The molecule has 3 aliphatic heterocycles. The van der Waals surface area contributed by atoms with E-state index in [2.05, 4.69) is 5.32 Å². The fourth-order valence-electron chi connectivity index (χ4n) is 5.80. The lowest BCUT2D eigenvalue weighted by Crippen LogP contribution is -2.54. The monoisotopic (exact) mass is 445 g/mol. The Kier molecular flexibility index (Phi) is 5.77. The minimum absolute atomic E-state index is 0.0738. The van der Waals surface area contributed by atoms with Crippen molar-refractivity contribution >= 4 is 23.7 Å². The van der Waals surface area contributed by atoms with Crippen LogP contribution in [0.4, 0.5) is 19.7 Å². The van der Waals surface area contributed by atoms with E-state index >= 15 is 0 Å². The molecule has 3 saturated heterocycles. The fourth-order valence-corrected chi connectivity index (χ4v) is 5.80. The lowest BCUT2D eigenvalue weighted by molar-refractivity contribution is -0.141. The molecule has 3 heterocycles. The number of hydrogen-bond donors (Lipinski definition) is 1. The van der Waals surface area contributed by atoms with Crippen LogP contribution in [0.15, 0.2) is 24.3 Å². The Labute approximate surface area is 188 Å². The van der Waals surface area contributed by atoms with Gasteiger partial charge >= 0.3 is 12.1 Å². The maximum Gasteiger partial charge on any atom is 0.321 e. The van der Waals surface area contributed by atoms with E-state index in [0.29, 0.717) is 57.8 Å². The van der Waals surface area contributed by atoms with Gasteiger partial charge in [0.15, 0.2) is 0 Å². The summed E-state index contributed by atoms with van der Waals surface area (Å²) in [6, 6.07) is 5.48. The summed E-state index contributed by atoms with van der Waals surface area (Å²) in [4.78, 5) is 46.1. The van der Waals surface area contributed by atoms with E-state index in [1.54, 1.807) is 36.0 Å². The summed E-state index contributed by atoms with van der Waals surface area (Å²) < 4.78 is 13.4. The van der Waals surface area contributed by atoms with Gasteiger partial charge in [0.2, 0.25) is 5.91 Å². The number of urea groups is 2. The van der Waals surface area contributed by atoms with E-state index in [9.17, 15) is 18.8 Å². The first-order valence-corrected chi connectivity index (χ1v) is 11.3. The summed E-state index contributed by atoms with van der Waals surface area (Å²) in [6.07, 6.45) is 2.06. The number of anilines is 1. The zero-order chi connectivity index (χ0) is 23.1. The highest BCUT2D eigenvalue weighted by molar-refractivity contribution is 5.90. The molecule has 0 aliphatic carbocycles. The van der Waals surface area contributed by atoms with Crippen molar-refractivity contribution in [2.24, 2.45) is 10.8 Å². The Morgan fingerprint density at radius 1 is 1.09 bits per heavy atom. The number of hydrogen-bond acceptors (Lipinski definition) is 3. The van der Waals surface area contributed by atoms with Crippen LogP contribution in [0, 0.1) is 16.6 Å². The number of amides is 5. The number of benzene rings is 1. The molecule has 1 N–H and O–H groups in total. The lowest BCUT2D eigenvalue weighted by atomic mass is 9.60. The van der Waals surface area contributed by atoms with Crippen LogP contribution in [0.5, 0.6) is 0 Å². The van der Waals surface area contributed by atoms with Crippen molar-refractivity contribution in [3.63, 3.8) is 0 Å². The molecule has 0 radical (unpaired) electrons. The second-order valence-corrected chi connectivity index (χ2v) is 9.46. The number of rotatable bonds is 2. The van der Waals surface area contributed by atoms with Crippen LogP contribution in [0.25, 0.3) is 0 Å². The van der Waals surface area contributed by atoms with Crippen LogP contribution in [0.3, 0.4) is 0 Å². The number of halogens is 1. The molecular weight excluding hydrogens is 413 g/mol. The average molecular weight is 446 g/mol. The number of piperidine rings is 1. The van der Waals surface area contributed by atoms with E-state index < -0.39 is 11.2 Å². The average Bonchev–Trinajstić information content (AvgIpc) is 3.26. The number of fused-ring (bicyclic) bond motifs is 1. The quantitative estimate of drug-likeness (QED) is 0.761. The van der Waals surface area contributed by atoms with Crippen LogP contribution in [0.2, 0.25) is 0 Å². The Morgan fingerprint density at radius 3 is 2.41 bits per heavy atom. The molecule has 32 heavy (non-hydrogen) atoms. The summed E-state index contributed by atoms with van der Waals surface area (Å²) in [5.74, 6) is -0.258. The SMILES string of the molecule is CCN1CCC2(CN(C(=O)N(C)C)CC23CCN(C(=O)Nc2cccc(F)c2)CC3)C1=O. The van der Waals surface area contributed by atoms with Crippen molar-refractivity contribution in [1.29, 1.82) is 0 Å². The highest BCUT2D eigenvalue weighted by Crippen LogP contribution is 2.58. The third-order valence-corrected chi connectivity index (χ3v) is 7.59. The summed E-state index contributed by atoms with van der Waals surface area (Å²) in [7, 11) is 3.46. The number of nitrogens with zero attached hydrogens (tertiary/aromatic N) is 4. The Morgan fingerprint density at radius 2 is 1.81 bits per heavy atom. The van der Waals surface area contributed by atoms with Gasteiger partial charge in [-0.15, -0.1) is 0 Å². The smallest absolute Gasteiger partial charge is 0.321 e.